The summed E-state index contributed by atoms with van der Waals surface area (Å²) in [7, 11) is -1.50. The first-order chi connectivity index (χ1) is 25.6. The summed E-state index contributed by atoms with van der Waals surface area (Å²) in [6, 6.07) is 3.85. The van der Waals surface area contributed by atoms with E-state index < -0.39 is 84.3 Å². The first-order valence-corrected chi connectivity index (χ1v) is 20.2. The third-order valence-electron chi connectivity index (χ3n) is 9.14. The molecule has 0 spiro atoms. The van der Waals surface area contributed by atoms with E-state index in [-0.39, 0.29) is 41.1 Å². The molecular weight excluding hydrogens is 756 g/mol. The molecule has 1 aliphatic rings. The van der Waals surface area contributed by atoms with Crippen LogP contribution in [0.1, 0.15) is 79.9 Å². The van der Waals surface area contributed by atoms with Crippen LogP contribution < -0.4 is 10.2 Å². The average molecular weight is 805 g/mol. The Bertz CT molecular complexity index is 2030. The topological polar surface area (TPSA) is 184 Å². The van der Waals surface area contributed by atoms with Crippen LogP contribution in [-0.2, 0) is 30.9 Å². The number of alkyl halides is 3. The molecule has 3 atom stereocenters. The Morgan fingerprint density at radius 2 is 1.77 bits per heavy atom. The number of amides is 2. The van der Waals surface area contributed by atoms with E-state index in [9.17, 15) is 38.0 Å². The minimum Gasteiger partial charge on any atom is -0.443 e. The molecule has 2 N–H and O–H groups in total. The molecule has 3 aromatic rings. The summed E-state index contributed by atoms with van der Waals surface area (Å²) < 4.78 is 58.0. The van der Waals surface area contributed by atoms with Gasteiger partial charge in [0, 0.05) is 23.6 Å². The molecule has 1 radical (unpaired) electrons. The number of halogens is 3. The van der Waals surface area contributed by atoms with Gasteiger partial charge in [-0.05, 0) is 59.1 Å². The summed E-state index contributed by atoms with van der Waals surface area (Å²) >= 11 is 0. The summed E-state index contributed by atoms with van der Waals surface area (Å²) in [6.45, 7) is 19.7. The number of benzene rings is 1. The molecule has 1 saturated heterocycles. The summed E-state index contributed by atoms with van der Waals surface area (Å²) in [4.78, 5) is 51.3. The predicted molar refractivity (Wildman–Crippen MR) is 202 cm³/mol. The van der Waals surface area contributed by atoms with Crippen molar-refractivity contribution in [3.8, 4) is 11.8 Å². The van der Waals surface area contributed by atoms with E-state index in [1.165, 1.54) is 24.8 Å². The molecule has 4 rings (SSSR count). The SMILES string of the molecule is C[Si](C)[C@]1(n2cnc3c(N(Cc4ccc(C#CCNC(=O)C(F)(F)F)cc4[N+](=O)[O-])C(=O)OC(C)(C)C)ncnc32)C[C@@](O)(C(C)(C)C)[C@@H](COC(C)(C)C)O1. The van der Waals surface area contributed by atoms with Crippen molar-refractivity contribution in [2.75, 3.05) is 18.1 Å². The highest BCUT2D eigenvalue weighted by Crippen LogP contribution is 2.52. The predicted octanol–water partition coefficient (Wildman–Crippen LogP) is 6.03. The molecule has 0 bridgehead atoms. The van der Waals surface area contributed by atoms with Crippen LogP contribution in [0.4, 0.5) is 29.5 Å². The fourth-order valence-electron chi connectivity index (χ4n) is 6.09. The van der Waals surface area contributed by atoms with E-state index in [0.29, 0.717) is 0 Å². The van der Waals surface area contributed by atoms with Crippen molar-refractivity contribution in [2.24, 2.45) is 5.41 Å². The zero-order chi connectivity index (χ0) is 42.2. The normalized spacial score (nSPS) is 20.5. The third kappa shape index (κ3) is 9.65. The molecule has 3 heterocycles. The second-order valence-electron chi connectivity index (χ2n) is 16.8. The number of fused-ring (bicyclic) bond motifs is 1. The van der Waals surface area contributed by atoms with Gasteiger partial charge in [0.1, 0.15) is 37.8 Å². The van der Waals surface area contributed by atoms with Crippen LogP contribution in [0, 0.1) is 27.4 Å². The summed E-state index contributed by atoms with van der Waals surface area (Å²) in [5.74, 6) is 2.65. The highest BCUT2D eigenvalue weighted by Gasteiger charge is 2.62. The van der Waals surface area contributed by atoms with Crippen molar-refractivity contribution in [1.29, 1.82) is 0 Å². The minimum absolute atomic E-state index is 0.0191. The lowest BCUT2D eigenvalue weighted by atomic mass is 9.72. The number of ether oxygens (including phenoxy) is 3. The number of aromatic nitrogens is 4. The minimum atomic E-state index is -5.08. The monoisotopic (exact) mass is 804 g/mol. The van der Waals surface area contributed by atoms with Crippen molar-refractivity contribution in [2.45, 2.75) is 123 Å². The lowest BCUT2D eigenvalue weighted by molar-refractivity contribution is -0.385. The standard InChI is InChI=1S/C37H49F3N7O8Si/c1-32(2,3)35(50)20-36(56(10)11,54-26(35)19-53-33(4,5)6)46-22-44-27-28(42-21-43-29(27)46)45(31(49)55-34(7,8)9)18-24-15-14-23(17-25(24)47(51)52)13-12-16-41-30(48)37(38,39)40/h14-15,17,21-22,26,50H,16,18-20H2,1-11H3,(H,41,48)/t26-,35+,36+/m1/s1. The number of carbonyl (C=O) groups is 2. The first kappa shape index (κ1) is 44.1. The maximum atomic E-state index is 13.9. The number of aliphatic hydroxyl groups is 1. The van der Waals surface area contributed by atoms with Crippen molar-refractivity contribution in [1.82, 2.24) is 24.8 Å². The van der Waals surface area contributed by atoms with Crippen LogP contribution in [-0.4, -0.2) is 92.6 Å². The summed E-state index contributed by atoms with van der Waals surface area (Å²) in [6.07, 6.45) is -3.77. The van der Waals surface area contributed by atoms with E-state index in [0.717, 1.165) is 11.0 Å². The Hall–Kier alpha value is -4.64. The van der Waals surface area contributed by atoms with Gasteiger partial charge in [-0.25, -0.2) is 19.7 Å². The Balaban J connectivity index is 1.81. The molecular formula is C37H49F3N7O8Si. The van der Waals surface area contributed by atoms with Crippen molar-refractivity contribution in [3.63, 3.8) is 0 Å². The van der Waals surface area contributed by atoms with E-state index in [1.807, 2.05) is 54.6 Å². The van der Waals surface area contributed by atoms with E-state index in [2.05, 4.69) is 26.8 Å². The number of nitro groups is 1. The van der Waals surface area contributed by atoms with Gasteiger partial charge < -0.3 is 24.6 Å². The van der Waals surface area contributed by atoms with Gasteiger partial charge in [0.15, 0.2) is 17.0 Å². The van der Waals surface area contributed by atoms with E-state index in [4.69, 9.17) is 14.2 Å². The summed E-state index contributed by atoms with van der Waals surface area (Å²) in [5.41, 5.74) is -3.37. The quantitative estimate of drug-likeness (QED) is 0.111. The number of rotatable bonds is 9. The molecule has 305 valence electrons. The fraction of sp³-hybridized carbons (Fsp3) is 0.595. The lowest BCUT2D eigenvalue weighted by Crippen LogP contribution is -2.52. The zero-order valence-corrected chi connectivity index (χ0v) is 34.4. The van der Waals surface area contributed by atoms with Crippen LogP contribution in [0.2, 0.25) is 13.1 Å². The maximum absolute atomic E-state index is 13.9. The molecule has 1 fully saturated rings. The molecule has 56 heavy (non-hydrogen) atoms. The maximum Gasteiger partial charge on any atom is 0.471 e. The second-order valence-corrected chi connectivity index (χ2v) is 19.6. The molecule has 19 heteroatoms. The van der Waals surface area contributed by atoms with Gasteiger partial charge in [-0.2, -0.15) is 13.2 Å². The number of hydrogen-bond donors (Lipinski definition) is 2. The fourth-order valence-corrected chi connectivity index (χ4v) is 7.74. The largest absolute Gasteiger partial charge is 0.471 e. The van der Waals surface area contributed by atoms with E-state index in [1.54, 1.807) is 30.7 Å². The van der Waals surface area contributed by atoms with Crippen molar-refractivity contribution < 1.29 is 47.0 Å². The molecule has 0 unspecified atom stereocenters. The Labute approximate surface area is 325 Å². The zero-order valence-electron chi connectivity index (χ0n) is 33.4. The molecule has 0 aliphatic carbocycles. The number of nitrogens with one attached hydrogen (secondary N) is 1. The van der Waals surface area contributed by atoms with Gasteiger partial charge in [-0.15, -0.1) is 0 Å². The van der Waals surface area contributed by atoms with Crippen LogP contribution in [0.15, 0.2) is 30.9 Å². The molecule has 1 aromatic carbocycles. The van der Waals surface area contributed by atoms with Gasteiger partial charge in [0.25, 0.3) is 5.69 Å². The number of carbonyl (C=O) groups excluding carboxylic acids is 2. The van der Waals surface area contributed by atoms with Crippen LogP contribution in [0.5, 0.6) is 0 Å². The molecule has 2 aromatic heterocycles. The number of imidazole rings is 1. The van der Waals surface area contributed by atoms with Crippen LogP contribution >= 0.6 is 0 Å². The highest BCUT2D eigenvalue weighted by atomic mass is 28.3. The van der Waals surface area contributed by atoms with Gasteiger partial charge in [-0.1, -0.05) is 45.7 Å². The van der Waals surface area contributed by atoms with Crippen molar-refractivity contribution in [3.05, 3.63) is 52.1 Å². The third-order valence-corrected chi connectivity index (χ3v) is 11.2. The Kier molecular flexibility index (Phi) is 12.4. The molecule has 0 saturated carbocycles. The van der Waals surface area contributed by atoms with Gasteiger partial charge in [0.05, 0.1) is 36.5 Å². The molecule has 2 amide bonds. The lowest BCUT2D eigenvalue weighted by Gasteiger charge is -2.41. The van der Waals surface area contributed by atoms with Crippen LogP contribution in [0.3, 0.4) is 0 Å². The van der Waals surface area contributed by atoms with Gasteiger partial charge in [0.2, 0.25) is 0 Å². The first-order valence-electron chi connectivity index (χ1n) is 17.7. The summed E-state index contributed by atoms with van der Waals surface area (Å²) in [5, 5.41) is 25.2. The number of hydrogen-bond acceptors (Lipinski definition) is 11. The second kappa shape index (κ2) is 15.7. The molecule has 1 aliphatic heterocycles. The highest BCUT2D eigenvalue weighted by molar-refractivity contribution is 6.58. The molecule has 15 nitrogen and oxygen atoms in total. The number of nitrogens with zero attached hydrogens (tertiary/aromatic N) is 6. The Morgan fingerprint density at radius 1 is 1.11 bits per heavy atom. The van der Waals surface area contributed by atoms with E-state index >= 15 is 0 Å². The van der Waals surface area contributed by atoms with Gasteiger partial charge >= 0.3 is 18.2 Å². The van der Waals surface area contributed by atoms with Gasteiger partial charge in [-0.3, -0.25) is 24.4 Å². The number of anilines is 1. The van der Waals surface area contributed by atoms with Crippen molar-refractivity contribution >= 4 is 43.5 Å². The average Bonchev–Trinajstić information content (AvgIpc) is 3.63. The Morgan fingerprint density at radius 3 is 2.32 bits per heavy atom. The van der Waals surface area contributed by atoms with Crippen LogP contribution in [0.25, 0.3) is 11.2 Å². The smallest absolute Gasteiger partial charge is 0.443 e. The number of nitro benzene ring substituents is 1.